The van der Waals surface area contributed by atoms with Crippen LogP contribution in [-0.2, 0) is 19.6 Å². The quantitative estimate of drug-likeness (QED) is 0.635. The third-order valence-corrected chi connectivity index (χ3v) is 6.42. The highest BCUT2D eigenvalue weighted by Gasteiger charge is 2.29. The molecule has 8 heteroatoms. The number of nitrogens with zero attached hydrogens (tertiary/aromatic N) is 1. The summed E-state index contributed by atoms with van der Waals surface area (Å²) in [6, 6.07) is 15.2. The monoisotopic (exact) mass is 456 g/mol. The van der Waals surface area contributed by atoms with Crippen LogP contribution in [0.5, 0.6) is 0 Å². The highest BCUT2D eigenvalue weighted by Crippen LogP contribution is 2.22. The first kappa shape index (κ1) is 23.5. The molecule has 0 aromatic heterocycles. The number of esters is 1. The lowest BCUT2D eigenvalue weighted by molar-refractivity contribution is -0.140. The average Bonchev–Trinajstić information content (AvgIpc) is 2.76. The Labute approximate surface area is 189 Å². The van der Waals surface area contributed by atoms with Crippen molar-refractivity contribution in [2.75, 3.05) is 11.3 Å². The molecule has 32 heavy (non-hydrogen) atoms. The molecule has 1 amide bonds. The number of sulfonamides is 1. The summed E-state index contributed by atoms with van der Waals surface area (Å²) < 4.78 is 32.3. The number of anilines is 1. The summed E-state index contributed by atoms with van der Waals surface area (Å²) in [5, 5.41) is 1.06. The molecule has 1 aliphatic rings. The Balaban J connectivity index is 1.60. The van der Waals surface area contributed by atoms with Gasteiger partial charge in [0.05, 0.1) is 11.0 Å². The molecule has 1 heterocycles. The molecule has 3 rings (SSSR count). The largest absolute Gasteiger partial charge is 0.452 e. The summed E-state index contributed by atoms with van der Waals surface area (Å²) in [4.78, 5) is 26.8. The van der Waals surface area contributed by atoms with Crippen molar-refractivity contribution in [1.29, 1.82) is 0 Å². The topological polar surface area (TPSA) is 92.8 Å². The molecule has 170 valence electrons. The van der Waals surface area contributed by atoms with Gasteiger partial charge in [0.2, 0.25) is 0 Å². The van der Waals surface area contributed by atoms with Crippen LogP contribution in [0.1, 0.15) is 49.0 Å². The van der Waals surface area contributed by atoms with Crippen molar-refractivity contribution in [3.05, 3.63) is 71.1 Å². The van der Waals surface area contributed by atoms with E-state index in [0.717, 1.165) is 30.2 Å². The Morgan fingerprint density at radius 2 is 1.75 bits per heavy atom. The first-order valence-electron chi connectivity index (χ1n) is 10.6. The summed E-state index contributed by atoms with van der Waals surface area (Å²) in [6.45, 7) is 3.65. The van der Waals surface area contributed by atoms with E-state index in [-0.39, 0.29) is 35.8 Å². The van der Waals surface area contributed by atoms with Crippen LogP contribution >= 0.6 is 0 Å². The fourth-order valence-corrected chi connectivity index (χ4v) is 4.70. The van der Waals surface area contributed by atoms with Crippen LogP contribution in [0, 0.1) is 0 Å². The minimum Gasteiger partial charge on any atom is -0.452 e. The number of carbonyl (C=O) groups is 2. The van der Waals surface area contributed by atoms with Crippen molar-refractivity contribution in [3.8, 4) is 0 Å². The predicted molar refractivity (Wildman–Crippen MR) is 124 cm³/mol. The number of likely N-dealkylation sites (tertiary alicyclic amines) is 1. The maximum Gasteiger partial charge on any atom is 0.338 e. The Hall–Kier alpha value is -3.13. The van der Waals surface area contributed by atoms with Gasteiger partial charge in [-0.2, -0.15) is 0 Å². The van der Waals surface area contributed by atoms with Crippen LogP contribution in [0.15, 0.2) is 60.0 Å². The lowest BCUT2D eigenvalue weighted by Crippen LogP contribution is -2.49. The van der Waals surface area contributed by atoms with E-state index in [1.54, 1.807) is 23.1 Å². The standard InChI is InChI=1S/C24H28N2O5S/c1-18-8-6-9-19(2)26(18)23(27)17-31-24(28)21-12-7-13-22(16-21)25-32(29,30)15-14-20-10-4-3-5-11-20/h3-5,7,10-16,18-19,25H,6,8-9,17H2,1-2H3/b15-14+. The molecule has 7 nitrogen and oxygen atoms in total. The number of piperidine rings is 1. The molecular formula is C24H28N2O5S. The summed E-state index contributed by atoms with van der Waals surface area (Å²) >= 11 is 0. The number of benzene rings is 2. The Morgan fingerprint density at radius 1 is 1.06 bits per heavy atom. The van der Waals surface area contributed by atoms with Crippen molar-refractivity contribution in [2.24, 2.45) is 0 Å². The number of ether oxygens (including phenoxy) is 1. The smallest absolute Gasteiger partial charge is 0.338 e. The minimum absolute atomic E-state index is 0.117. The predicted octanol–water partition coefficient (Wildman–Crippen LogP) is 4.05. The molecule has 2 aromatic carbocycles. The Bertz CT molecular complexity index is 1070. The minimum atomic E-state index is -3.77. The van der Waals surface area contributed by atoms with E-state index >= 15 is 0 Å². The van der Waals surface area contributed by atoms with Gasteiger partial charge in [-0.1, -0.05) is 36.4 Å². The summed E-state index contributed by atoms with van der Waals surface area (Å²) in [6.07, 6.45) is 4.43. The van der Waals surface area contributed by atoms with Crippen molar-refractivity contribution >= 4 is 33.7 Å². The van der Waals surface area contributed by atoms with Crippen molar-refractivity contribution < 1.29 is 22.7 Å². The van der Waals surface area contributed by atoms with Crippen LogP contribution in [0.25, 0.3) is 6.08 Å². The molecular weight excluding hydrogens is 428 g/mol. The molecule has 2 aromatic rings. The maximum atomic E-state index is 12.5. The molecule has 1 saturated heterocycles. The van der Waals surface area contributed by atoms with E-state index in [9.17, 15) is 18.0 Å². The third-order valence-electron chi connectivity index (χ3n) is 5.41. The van der Waals surface area contributed by atoms with Crippen LogP contribution in [-0.4, -0.2) is 43.9 Å². The van der Waals surface area contributed by atoms with Gasteiger partial charge in [0.1, 0.15) is 0 Å². The van der Waals surface area contributed by atoms with Gasteiger partial charge in [-0.05, 0) is 62.9 Å². The molecule has 0 spiro atoms. The zero-order valence-electron chi connectivity index (χ0n) is 18.2. The van der Waals surface area contributed by atoms with E-state index in [1.165, 1.54) is 24.3 Å². The lowest BCUT2D eigenvalue weighted by atomic mass is 9.97. The number of nitrogens with one attached hydrogen (secondary N) is 1. The highest BCUT2D eigenvalue weighted by atomic mass is 32.2. The normalized spacial score (nSPS) is 19.0. The van der Waals surface area contributed by atoms with E-state index in [0.29, 0.717) is 0 Å². The van der Waals surface area contributed by atoms with Crippen LogP contribution in [0.3, 0.4) is 0 Å². The van der Waals surface area contributed by atoms with Gasteiger partial charge in [0.15, 0.2) is 6.61 Å². The van der Waals surface area contributed by atoms with Gasteiger partial charge in [0, 0.05) is 17.8 Å². The van der Waals surface area contributed by atoms with Crippen molar-refractivity contribution in [3.63, 3.8) is 0 Å². The second kappa shape index (κ2) is 10.5. The number of hydrogen-bond donors (Lipinski definition) is 1. The van der Waals surface area contributed by atoms with Crippen LogP contribution in [0.2, 0.25) is 0 Å². The number of hydrogen-bond acceptors (Lipinski definition) is 5. The number of amides is 1. The summed E-state index contributed by atoms with van der Waals surface area (Å²) in [7, 11) is -3.77. The number of rotatable bonds is 7. The second-order valence-corrected chi connectivity index (χ2v) is 9.51. The molecule has 1 fully saturated rings. The van der Waals surface area contributed by atoms with Gasteiger partial charge in [-0.25, -0.2) is 13.2 Å². The van der Waals surface area contributed by atoms with E-state index in [2.05, 4.69) is 4.72 Å². The summed E-state index contributed by atoms with van der Waals surface area (Å²) in [5.74, 6) is -0.905. The molecule has 2 unspecified atom stereocenters. The lowest BCUT2D eigenvalue weighted by Gasteiger charge is -2.38. The zero-order chi connectivity index (χ0) is 23.1. The Kier molecular flexibility index (Phi) is 7.69. The molecule has 1 aliphatic heterocycles. The average molecular weight is 457 g/mol. The maximum absolute atomic E-state index is 12.5. The molecule has 0 aliphatic carbocycles. The van der Waals surface area contributed by atoms with E-state index in [1.807, 2.05) is 32.0 Å². The second-order valence-electron chi connectivity index (χ2n) is 7.95. The fourth-order valence-electron chi connectivity index (χ4n) is 3.84. The summed E-state index contributed by atoms with van der Waals surface area (Å²) in [5.41, 5.74) is 1.13. The molecule has 2 atom stereocenters. The van der Waals surface area contributed by atoms with Crippen molar-refractivity contribution in [2.45, 2.75) is 45.2 Å². The highest BCUT2D eigenvalue weighted by molar-refractivity contribution is 7.95. The zero-order valence-corrected chi connectivity index (χ0v) is 19.0. The van der Waals surface area contributed by atoms with Gasteiger partial charge in [0.25, 0.3) is 15.9 Å². The van der Waals surface area contributed by atoms with Gasteiger partial charge >= 0.3 is 5.97 Å². The third kappa shape index (κ3) is 6.43. The SMILES string of the molecule is CC1CCCC(C)N1C(=O)COC(=O)c1cccc(NS(=O)(=O)/C=C/c2ccccc2)c1. The molecule has 0 radical (unpaired) electrons. The van der Waals surface area contributed by atoms with E-state index < -0.39 is 16.0 Å². The van der Waals surface area contributed by atoms with Gasteiger partial charge < -0.3 is 9.64 Å². The first-order valence-corrected chi connectivity index (χ1v) is 12.1. The first-order chi connectivity index (χ1) is 15.2. The van der Waals surface area contributed by atoms with Crippen molar-refractivity contribution in [1.82, 2.24) is 4.90 Å². The van der Waals surface area contributed by atoms with Crippen LogP contribution < -0.4 is 4.72 Å². The van der Waals surface area contributed by atoms with Gasteiger partial charge in [-0.3, -0.25) is 9.52 Å². The number of carbonyl (C=O) groups excluding carboxylic acids is 2. The fraction of sp³-hybridized carbons (Fsp3) is 0.333. The molecule has 0 saturated carbocycles. The van der Waals surface area contributed by atoms with Gasteiger partial charge in [-0.15, -0.1) is 0 Å². The van der Waals surface area contributed by atoms with E-state index in [4.69, 9.17) is 4.74 Å². The molecule has 1 N–H and O–H groups in total. The molecule has 0 bridgehead atoms. The van der Waals surface area contributed by atoms with Crippen LogP contribution in [0.4, 0.5) is 5.69 Å². The Morgan fingerprint density at radius 3 is 2.44 bits per heavy atom.